The Bertz CT molecular complexity index is 915. The van der Waals surface area contributed by atoms with E-state index >= 15 is 0 Å². The van der Waals surface area contributed by atoms with Crippen molar-refractivity contribution in [3.05, 3.63) is 59.7 Å². The number of hydrogen-bond acceptors (Lipinski definition) is 3. The van der Waals surface area contributed by atoms with Crippen LogP contribution in [0.1, 0.15) is 6.42 Å². The van der Waals surface area contributed by atoms with Crippen LogP contribution in [-0.4, -0.2) is 27.1 Å². The highest BCUT2D eigenvalue weighted by Gasteiger charge is 2.22. The lowest BCUT2D eigenvalue weighted by Gasteiger charge is -2.22. The normalized spacial score (nSPS) is 11.3. The summed E-state index contributed by atoms with van der Waals surface area (Å²) < 4.78 is 78.2. The number of para-hydroxylation sites is 1. The van der Waals surface area contributed by atoms with E-state index in [1.54, 1.807) is 0 Å². The first-order chi connectivity index (χ1) is 12.1. The molecule has 2 aromatic rings. The smallest absolute Gasteiger partial charge is 0.232 e. The summed E-state index contributed by atoms with van der Waals surface area (Å²) in [5.74, 6) is -4.90. The summed E-state index contributed by atoms with van der Waals surface area (Å²) in [6, 6.07) is 5.28. The topological polar surface area (TPSA) is 66.5 Å². The summed E-state index contributed by atoms with van der Waals surface area (Å²) in [5, 5.41) is 2.00. The van der Waals surface area contributed by atoms with Gasteiger partial charge in [-0.2, -0.15) is 0 Å². The second-order valence-electron chi connectivity index (χ2n) is 5.33. The third-order valence-corrected chi connectivity index (χ3v) is 4.53. The maximum atomic E-state index is 13.9. The van der Waals surface area contributed by atoms with Crippen LogP contribution in [0, 0.1) is 23.3 Å². The minimum atomic E-state index is -4.00. The first kappa shape index (κ1) is 19.7. The zero-order chi connectivity index (χ0) is 19.5. The van der Waals surface area contributed by atoms with Gasteiger partial charge in [0, 0.05) is 19.0 Å². The van der Waals surface area contributed by atoms with Crippen LogP contribution in [0.3, 0.4) is 0 Å². The number of rotatable bonds is 6. The molecule has 26 heavy (non-hydrogen) atoms. The zero-order valence-corrected chi connectivity index (χ0v) is 14.3. The maximum absolute atomic E-state index is 13.9. The van der Waals surface area contributed by atoms with E-state index in [1.807, 2.05) is 5.32 Å². The molecule has 1 N–H and O–H groups in total. The molecular formula is C16H14F4N2O3S. The Kier molecular flexibility index (Phi) is 5.86. The van der Waals surface area contributed by atoms with Gasteiger partial charge in [0.05, 0.1) is 11.9 Å². The molecule has 0 aromatic heterocycles. The van der Waals surface area contributed by atoms with Gasteiger partial charge in [0.25, 0.3) is 0 Å². The van der Waals surface area contributed by atoms with Crippen molar-refractivity contribution in [2.75, 3.05) is 22.4 Å². The summed E-state index contributed by atoms with van der Waals surface area (Å²) in [5.41, 5.74) is -1.12. The number of anilines is 2. The molecule has 2 aromatic carbocycles. The van der Waals surface area contributed by atoms with Gasteiger partial charge < -0.3 is 5.32 Å². The molecular weight excluding hydrogens is 376 g/mol. The molecule has 0 heterocycles. The Labute approximate surface area is 147 Å². The molecule has 0 atom stereocenters. The van der Waals surface area contributed by atoms with Gasteiger partial charge in [0.15, 0.2) is 0 Å². The Balaban J connectivity index is 2.16. The van der Waals surface area contributed by atoms with E-state index in [1.165, 1.54) is 0 Å². The largest absolute Gasteiger partial charge is 0.321 e. The molecule has 0 saturated carbocycles. The molecule has 0 aliphatic carbocycles. The van der Waals surface area contributed by atoms with Crippen molar-refractivity contribution in [1.82, 2.24) is 0 Å². The molecule has 1 amide bonds. The summed E-state index contributed by atoms with van der Waals surface area (Å²) in [6.07, 6.45) is 0.266. The molecule has 0 bridgehead atoms. The molecule has 0 aliphatic heterocycles. The van der Waals surface area contributed by atoms with Crippen molar-refractivity contribution in [2.24, 2.45) is 0 Å². The molecule has 140 valence electrons. The minimum Gasteiger partial charge on any atom is -0.321 e. The zero-order valence-electron chi connectivity index (χ0n) is 13.5. The molecule has 10 heteroatoms. The molecule has 0 aliphatic rings. The number of benzene rings is 2. The maximum Gasteiger partial charge on any atom is 0.232 e. The van der Waals surface area contributed by atoms with Crippen LogP contribution in [0.5, 0.6) is 0 Å². The van der Waals surface area contributed by atoms with Crippen molar-refractivity contribution in [3.63, 3.8) is 0 Å². The first-order valence-electron chi connectivity index (χ1n) is 7.26. The van der Waals surface area contributed by atoms with Gasteiger partial charge in [-0.05, 0) is 24.3 Å². The fourth-order valence-corrected chi connectivity index (χ4v) is 3.10. The van der Waals surface area contributed by atoms with Crippen molar-refractivity contribution in [2.45, 2.75) is 6.42 Å². The number of nitrogens with one attached hydrogen (secondary N) is 1. The number of amides is 1. The Morgan fingerprint density at radius 1 is 1.04 bits per heavy atom. The van der Waals surface area contributed by atoms with Crippen LogP contribution in [0.25, 0.3) is 0 Å². The standard InChI is InChI=1S/C16H14F4N2O3S/c1-26(24,25)22(14-6-5-10(17)9-13(14)20)8-7-15(23)21-16-11(18)3-2-4-12(16)19/h2-6,9H,7-8H2,1H3,(H,21,23). The van der Waals surface area contributed by atoms with E-state index in [0.717, 1.165) is 36.6 Å². The van der Waals surface area contributed by atoms with Crippen molar-refractivity contribution in [1.29, 1.82) is 0 Å². The second-order valence-corrected chi connectivity index (χ2v) is 7.23. The lowest BCUT2D eigenvalue weighted by molar-refractivity contribution is -0.116. The first-order valence-corrected chi connectivity index (χ1v) is 9.11. The van der Waals surface area contributed by atoms with Gasteiger partial charge >= 0.3 is 0 Å². The molecule has 2 rings (SSSR count). The lowest BCUT2D eigenvalue weighted by atomic mass is 10.2. The third-order valence-electron chi connectivity index (χ3n) is 3.35. The number of carbonyl (C=O) groups is 1. The minimum absolute atomic E-state index is 0.446. The highest BCUT2D eigenvalue weighted by Crippen LogP contribution is 2.23. The van der Waals surface area contributed by atoms with E-state index < -0.39 is 63.5 Å². The summed E-state index contributed by atoms with van der Waals surface area (Å²) >= 11 is 0. The molecule has 0 saturated heterocycles. The Hall–Kier alpha value is -2.62. The quantitative estimate of drug-likeness (QED) is 0.771. The molecule has 0 radical (unpaired) electrons. The Morgan fingerprint density at radius 2 is 1.65 bits per heavy atom. The van der Waals surface area contributed by atoms with Crippen molar-refractivity contribution >= 4 is 27.3 Å². The number of nitrogens with zero attached hydrogens (tertiary/aromatic N) is 1. The fourth-order valence-electron chi connectivity index (χ4n) is 2.17. The summed E-state index contributed by atoms with van der Waals surface area (Å²) in [6.45, 7) is -0.511. The van der Waals surface area contributed by atoms with E-state index in [4.69, 9.17) is 0 Å². The predicted octanol–water partition coefficient (Wildman–Crippen LogP) is 3.04. The average molecular weight is 390 g/mol. The fraction of sp³-hybridized carbons (Fsp3) is 0.188. The lowest BCUT2D eigenvalue weighted by Crippen LogP contribution is -2.33. The van der Waals surface area contributed by atoms with Gasteiger partial charge in [-0.1, -0.05) is 6.07 Å². The number of carbonyl (C=O) groups excluding carboxylic acids is 1. The SMILES string of the molecule is CS(=O)(=O)N(CCC(=O)Nc1c(F)cccc1F)c1ccc(F)cc1F. The number of hydrogen-bond donors (Lipinski definition) is 1. The third kappa shape index (κ3) is 4.72. The van der Waals surface area contributed by atoms with E-state index in [-0.39, 0.29) is 0 Å². The highest BCUT2D eigenvalue weighted by molar-refractivity contribution is 7.92. The van der Waals surface area contributed by atoms with Gasteiger partial charge in [0.1, 0.15) is 29.0 Å². The number of halogens is 4. The molecule has 0 unspecified atom stereocenters. The van der Waals surface area contributed by atoms with Crippen LogP contribution in [0.15, 0.2) is 36.4 Å². The summed E-state index contributed by atoms with van der Waals surface area (Å²) in [7, 11) is -4.00. The highest BCUT2D eigenvalue weighted by atomic mass is 32.2. The second kappa shape index (κ2) is 7.73. The van der Waals surface area contributed by atoms with E-state index in [0.29, 0.717) is 10.4 Å². The van der Waals surface area contributed by atoms with Gasteiger partial charge in [-0.25, -0.2) is 26.0 Å². The van der Waals surface area contributed by atoms with Gasteiger partial charge in [-0.15, -0.1) is 0 Å². The predicted molar refractivity (Wildman–Crippen MR) is 88.2 cm³/mol. The molecule has 5 nitrogen and oxygen atoms in total. The number of sulfonamides is 1. The van der Waals surface area contributed by atoms with Crippen LogP contribution in [0.2, 0.25) is 0 Å². The average Bonchev–Trinajstić information content (AvgIpc) is 2.52. The molecule has 0 spiro atoms. The van der Waals surface area contributed by atoms with Crippen LogP contribution in [-0.2, 0) is 14.8 Å². The van der Waals surface area contributed by atoms with E-state index in [9.17, 15) is 30.8 Å². The van der Waals surface area contributed by atoms with Crippen LogP contribution in [0.4, 0.5) is 28.9 Å². The van der Waals surface area contributed by atoms with Crippen molar-refractivity contribution < 1.29 is 30.8 Å². The van der Waals surface area contributed by atoms with Crippen LogP contribution < -0.4 is 9.62 Å². The van der Waals surface area contributed by atoms with E-state index in [2.05, 4.69) is 0 Å². The van der Waals surface area contributed by atoms with Crippen molar-refractivity contribution in [3.8, 4) is 0 Å². The molecule has 0 fully saturated rings. The van der Waals surface area contributed by atoms with Crippen LogP contribution >= 0.6 is 0 Å². The van der Waals surface area contributed by atoms with Gasteiger partial charge in [-0.3, -0.25) is 9.10 Å². The monoisotopic (exact) mass is 390 g/mol. The van der Waals surface area contributed by atoms with Gasteiger partial charge in [0.2, 0.25) is 15.9 Å². The Morgan fingerprint density at radius 3 is 2.19 bits per heavy atom. The summed E-state index contributed by atoms with van der Waals surface area (Å²) in [4.78, 5) is 11.9.